The minimum atomic E-state index is -0.184. The van der Waals surface area contributed by atoms with Crippen LogP contribution in [0, 0.1) is 11.3 Å². The molecular formula is C13H19ClN2S. The minimum Gasteiger partial charge on any atom is -0.323 e. The summed E-state index contributed by atoms with van der Waals surface area (Å²) in [5.74, 6) is 0. The van der Waals surface area contributed by atoms with Gasteiger partial charge >= 0.3 is 0 Å². The van der Waals surface area contributed by atoms with Gasteiger partial charge in [0.05, 0.1) is 12.5 Å². The summed E-state index contributed by atoms with van der Waals surface area (Å²) >= 11 is 1.79. The van der Waals surface area contributed by atoms with Crippen molar-refractivity contribution >= 4 is 24.2 Å². The third-order valence-corrected chi connectivity index (χ3v) is 3.25. The van der Waals surface area contributed by atoms with E-state index in [2.05, 4.69) is 32.9 Å². The molecule has 1 rings (SSSR count). The van der Waals surface area contributed by atoms with Crippen LogP contribution in [0.5, 0.6) is 0 Å². The molecule has 0 aliphatic carbocycles. The van der Waals surface area contributed by atoms with E-state index in [0.717, 1.165) is 5.56 Å². The molecule has 1 aromatic rings. The number of nitrogens with zero attached hydrogens (tertiary/aromatic N) is 1. The fourth-order valence-corrected chi connectivity index (χ4v) is 2.56. The Hall–Kier alpha value is -0.690. The normalized spacial score (nSPS) is 12.4. The van der Waals surface area contributed by atoms with E-state index in [-0.39, 0.29) is 23.2 Å². The van der Waals surface area contributed by atoms with Gasteiger partial charge in [0.2, 0.25) is 0 Å². The van der Waals surface area contributed by atoms with Gasteiger partial charge in [-0.2, -0.15) is 5.26 Å². The highest BCUT2D eigenvalue weighted by atomic mass is 35.5. The van der Waals surface area contributed by atoms with Crippen molar-refractivity contribution < 1.29 is 0 Å². The second kappa shape index (κ2) is 6.90. The van der Waals surface area contributed by atoms with Crippen LogP contribution in [0.1, 0.15) is 38.8 Å². The average Bonchev–Trinajstić information content (AvgIpc) is 2.16. The number of halogens is 1. The van der Waals surface area contributed by atoms with Crippen LogP contribution < -0.4 is 5.73 Å². The zero-order chi connectivity index (χ0) is 12.2. The third-order valence-electron chi connectivity index (χ3n) is 2.05. The number of benzene rings is 1. The van der Waals surface area contributed by atoms with Crippen LogP contribution in [0.3, 0.4) is 0 Å². The average molecular weight is 271 g/mol. The zero-order valence-corrected chi connectivity index (χ0v) is 12.1. The fourth-order valence-electron chi connectivity index (χ4n) is 1.42. The van der Waals surface area contributed by atoms with E-state index in [4.69, 9.17) is 11.0 Å². The van der Waals surface area contributed by atoms with Crippen LogP contribution in [0.2, 0.25) is 0 Å². The second-order valence-electron chi connectivity index (χ2n) is 4.72. The maximum Gasteiger partial charge on any atom is 0.0641 e. The molecule has 0 amide bonds. The maximum absolute atomic E-state index is 8.68. The van der Waals surface area contributed by atoms with Crippen molar-refractivity contribution in [1.82, 2.24) is 0 Å². The van der Waals surface area contributed by atoms with Crippen LogP contribution in [0.15, 0.2) is 29.2 Å². The Balaban J connectivity index is 0.00000256. The van der Waals surface area contributed by atoms with Crippen molar-refractivity contribution in [2.24, 2.45) is 5.73 Å². The van der Waals surface area contributed by atoms with E-state index >= 15 is 0 Å². The number of nitriles is 1. The molecule has 0 aliphatic rings. The summed E-state index contributed by atoms with van der Waals surface area (Å²) in [6, 6.07) is 10.0. The van der Waals surface area contributed by atoms with Gasteiger partial charge in [0.25, 0.3) is 0 Å². The Morgan fingerprint density at radius 1 is 1.35 bits per heavy atom. The van der Waals surface area contributed by atoms with Gasteiger partial charge in [0.15, 0.2) is 0 Å². The largest absolute Gasteiger partial charge is 0.323 e. The van der Waals surface area contributed by atoms with Crippen molar-refractivity contribution in [2.75, 3.05) is 0 Å². The molecular weight excluding hydrogens is 252 g/mol. The van der Waals surface area contributed by atoms with Crippen LogP contribution >= 0.6 is 24.2 Å². The number of nitrogens with two attached hydrogens (primary N) is 1. The van der Waals surface area contributed by atoms with E-state index in [9.17, 15) is 0 Å². The molecule has 94 valence electrons. The molecule has 0 spiro atoms. The van der Waals surface area contributed by atoms with Gasteiger partial charge in [-0.25, -0.2) is 0 Å². The monoisotopic (exact) mass is 270 g/mol. The molecule has 2 nitrogen and oxygen atoms in total. The summed E-state index contributed by atoms with van der Waals surface area (Å²) in [6.07, 6.45) is 0.363. The van der Waals surface area contributed by atoms with Crippen molar-refractivity contribution in [3.8, 4) is 6.07 Å². The lowest BCUT2D eigenvalue weighted by Gasteiger charge is -2.21. The molecule has 1 atom stereocenters. The Labute approximate surface area is 114 Å². The third kappa shape index (κ3) is 5.45. The Morgan fingerprint density at radius 2 is 1.94 bits per heavy atom. The van der Waals surface area contributed by atoms with Crippen molar-refractivity contribution in [2.45, 2.75) is 42.9 Å². The lowest BCUT2D eigenvalue weighted by atomic mass is 10.1. The summed E-state index contributed by atoms with van der Waals surface area (Å²) in [6.45, 7) is 6.51. The quantitative estimate of drug-likeness (QED) is 0.847. The standard InChI is InChI=1S/C13H18N2S.ClH/c1-13(2,3)16-12-7-5-4-6-10(12)11(15)8-9-14;/h4-7,11H,8,15H2,1-3H3;1H/t11-;/m0./s1. The Kier molecular flexibility index (Phi) is 6.62. The van der Waals surface area contributed by atoms with Gasteiger partial charge in [-0.3, -0.25) is 0 Å². The number of rotatable bonds is 3. The van der Waals surface area contributed by atoms with Gasteiger partial charge < -0.3 is 5.73 Å². The first-order chi connectivity index (χ1) is 7.44. The Bertz CT molecular complexity index is 393. The second-order valence-corrected chi connectivity index (χ2v) is 6.59. The van der Waals surface area contributed by atoms with Gasteiger partial charge in [0, 0.05) is 15.7 Å². The van der Waals surface area contributed by atoms with Crippen molar-refractivity contribution in [3.05, 3.63) is 29.8 Å². The SMILES string of the molecule is CC(C)(C)Sc1ccccc1[C@@H](N)CC#N.Cl. The van der Waals surface area contributed by atoms with Gasteiger partial charge in [-0.15, -0.1) is 24.2 Å². The fraction of sp³-hybridized carbons (Fsp3) is 0.462. The molecule has 4 heteroatoms. The van der Waals surface area contributed by atoms with E-state index in [0.29, 0.717) is 6.42 Å². The molecule has 0 radical (unpaired) electrons. The molecule has 0 saturated heterocycles. The highest BCUT2D eigenvalue weighted by molar-refractivity contribution is 8.00. The molecule has 2 N–H and O–H groups in total. The smallest absolute Gasteiger partial charge is 0.0641 e. The van der Waals surface area contributed by atoms with Crippen LogP contribution in [-0.4, -0.2) is 4.75 Å². The molecule has 0 fully saturated rings. The Morgan fingerprint density at radius 3 is 2.47 bits per heavy atom. The lowest BCUT2D eigenvalue weighted by Crippen LogP contribution is -2.13. The molecule has 0 aromatic heterocycles. The molecule has 0 unspecified atom stereocenters. The summed E-state index contributed by atoms with van der Waals surface area (Å²) in [4.78, 5) is 1.18. The van der Waals surface area contributed by atoms with E-state index < -0.39 is 0 Å². The van der Waals surface area contributed by atoms with Gasteiger partial charge in [0.1, 0.15) is 0 Å². The van der Waals surface area contributed by atoms with Gasteiger partial charge in [-0.05, 0) is 11.6 Å². The minimum absolute atomic E-state index is 0. The lowest BCUT2D eigenvalue weighted by molar-refractivity contribution is 0.729. The van der Waals surface area contributed by atoms with Gasteiger partial charge in [-0.1, -0.05) is 39.0 Å². The molecule has 0 saturated carbocycles. The highest BCUT2D eigenvalue weighted by Gasteiger charge is 2.17. The molecule has 0 bridgehead atoms. The first kappa shape index (κ1) is 16.3. The number of thioether (sulfide) groups is 1. The van der Waals surface area contributed by atoms with Crippen LogP contribution in [0.25, 0.3) is 0 Å². The first-order valence-corrected chi connectivity index (χ1v) is 6.16. The van der Waals surface area contributed by atoms with E-state index in [1.54, 1.807) is 11.8 Å². The highest BCUT2D eigenvalue weighted by Crippen LogP contribution is 2.36. The zero-order valence-electron chi connectivity index (χ0n) is 10.4. The maximum atomic E-state index is 8.68. The first-order valence-electron chi connectivity index (χ1n) is 5.34. The summed E-state index contributed by atoms with van der Waals surface area (Å²) < 4.78 is 0.155. The molecule has 1 aromatic carbocycles. The van der Waals surface area contributed by atoms with Crippen LogP contribution in [-0.2, 0) is 0 Å². The number of hydrogen-bond acceptors (Lipinski definition) is 3. The topological polar surface area (TPSA) is 49.8 Å². The molecule has 0 heterocycles. The number of hydrogen-bond donors (Lipinski definition) is 1. The van der Waals surface area contributed by atoms with Crippen molar-refractivity contribution in [3.63, 3.8) is 0 Å². The van der Waals surface area contributed by atoms with E-state index in [1.807, 2.05) is 18.2 Å². The van der Waals surface area contributed by atoms with Crippen molar-refractivity contribution in [1.29, 1.82) is 5.26 Å². The predicted molar refractivity (Wildman–Crippen MR) is 76.5 cm³/mol. The summed E-state index contributed by atoms with van der Waals surface area (Å²) in [7, 11) is 0. The summed E-state index contributed by atoms with van der Waals surface area (Å²) in [5, 5.41) is 8.68. The van der Waals surface area contributed by atoms with E-state index in [1.165, 1.54) is 4.90 Å². The molecule has 17 heavy (non-hydrogen) atoms. The molecule has 0 aliphatic heterocycles. The predicted octanol–water partition coefficient (Wildman–Crippen LogP) is 3.91. The van der Waals surface area contributed by atoms with Crippen LogP contribution in [0.4, 0.5) is 0 Å². The summed E-state index contributed by atoms with van der Waals surface area (Å²) in [5.41, 5.74) is 7.06.